The molecule has 0 aromatic carbocycles. The van der Waals surface area contributed by atoms with Crippen molar-refractivity contribution < 1.29 is 26.3 Å². The Kier molecular flexibility index (Phi) is 8.98. The van der Waals surface area contributed by atoms with Crippen LogP contribution in [-0.2, 0) is 0 Å². The first kappa shape index (κ1) is 33.7. The molecule has 6 aromatic heterocycles. The molecule has 244 valence electrons. The van der Waals surface area contributed by atoms with Gasteiger partial charge < -0.3 is 0 Å². The fourth-order valence-electron chi connectivity index (χ4n) is 5.38. The molecule has 0 aliphatic heterocycles. The summed E-state index contributed by atoms with van der Waals surface area (Å²) in [5.74, 6) is -15.9. The largest absolute Gasteiger partial charge is 0.380 e. The van der Waals surface area contributed by atoms with Crippen LogP contribution in [0.5, 0.6) is 0 Å². The third-order valence-electron chi connectivity index (χ3n) is 7.64. The number of alkyl halides is 6. The van der Waals surface area contributed by atoms with Crippen molar-refractivity contribution >= 4 is 90.3 Å². The van der Waals surface area contributed by atoms with Gasteiger partial charge in [0.05, 0.1) is 4.88 Å². The number of aryl methyl sites for hydroxylation is 1. The summed E-state index contributed by atoms with van der Waals surface area (Å²) in [6.07, 6.45) is 5.99. The minimum Gasteiger partial charge on any atom is -0.194 e. The third kappa shape index (κ3) is 5.69. The second-order valence-electron chi connectivity index (χ2n) is 10.6. The quantitative estimate of drug-likeness (QED) is 0.104. The Morgan fingerprint density at radius 3 is 1.96 bits per heavy atom. The number of hydrogen-bond acceptors (Lipinski definition) is 7. The lowest BCUT2D eigenvalue weighted by atomic mass is 9.97. The van der Waals surface area contributed by atoms with Crippen LogP contribution in [0.3, 0.4) is 0 Å². The molecule has 0 saturated carbocycles. The molecule has 0 saturated heterocycles. The number of rotatable bonds is 9. The highest BCUT2D eigenvalue weighted by Gasteiger charge is 2.79. The van der Waals surface area contributed by atoms with Gasteiger partial charge >= 0.3 is 17.8 Å². The van der Waals surface area contributed by atoms with Gasteiger partial charge in [0.2, 0.25) is 0 Å². The van der Waals surface area contributed by atoms with Crippen molar-refractivity contribution in [3.05, 3.63) is 104 Å². The van der Waals surface area contributed by atoms with Gasteiger partial charge in [0, 0.05) is 65.5 Å². The van der Waals surface area contributed by atoms with Gasteiger partial charge in [-0.1, -0.05) is 18.2 Å². The first-order chi connectivity index (χ1) is 22.9. The second kappa shape index (κ2) is 12.8. The molecule has 0 amide bonds. The second-order valence-corrected chi connectivity index (χ2v) is 17.9. The van der Waals surface area contributed by atoms with E-state index in [-0.39, 0.29) is 10.4 Å². The summed E-state index contributed by atoms with van der Waals surface area (Å²) in [6, 6.07) is 19.9. The average molecular weight is 779 g/mol. The molecular weight excluding hydrogens is 759 g/mol. The summed E-state index contributed by atoms with van der Waals surface area (Å²) in [5, 5.41) is 6.27. The van der Waals surface area contributed by atoms with Crippen LogP contribution < -0.4 is 0 Å². The van der Waals surface area contributed by atoms with E-state index < -0.39 is 35.3 Å². The van der Waals surface area contributed by atoms with Crippen LogP contribution in [0.25, 0.3) is 49.5 Å². The highest BCUT2D eigenvalue weighted by atomic mass is 32.2. The Bertz CT molecular complexity index is 2190. The van der Waals surface area contributed by atoms with E-state index in [1.807, 2.05) is 60.1 Å². The molecule has 6 heterocycles. The van der Waals surface area contributed by atoms with Crippen LogP contribution in [0, 0.1) is 18.6 Å². The lowest BCUT2D eigenvalue weighted by molar-refractivity contribution is -0.260. The first-order valence-electron chi connectivity index (χ1n) is 14.1. The molecule has 0 radical (unpaired) electrons. The summed E-state index contributed by atoms with van der Waals surface area (Å²) in [6.45, 7) is 1.83. The van der Waals surface area contributed by atoms with Gasteiger partial charge in [0.1, 0.15) is 0 Å². The zero-order valence-electron chi connectivity index (χ0n) is 24.5. The number of thioether (sulfide) groups is 1. The topological polar surface area (TPSA) is 0 Å². The fourth-order valence-corrected chi connectivity index (χ4v) is 12.0. The van der Waals surface area contributed by atoms with Crippen molar-refractivity contribution in [1.82, 2.24) is 0 Å². The molecular formula is C35H20F6S7. The Balaban J connectivity index is 1.39. The van der Waals surface area contributed by atoms with E-state index in [1.165, 1.54) is 57.5 Å². The van der Waals surface area contributed by atoms with Crippen molar-refractivity contribution in [3.8, 4) is 50.7 Å². The molecule has 48 heavy (non-hydrogen) atoms. The molecule has 1 aliphatic rings. The zero-order chi connectivity index (χ0) is 33.8. The Hall–Kier alpha value is -2.83. The molecule has 1 aliphatic carbocycles. The van der Waals surface area contributed by atoms with Crippen molar-refractivity contribution in [3.63, 3.8) is 0 Å². The molecule has 0 bridgehead atoms. The first-order valence-corrected chi connectivity index (χ1v) is 20.0. The Labute approximate surface area is 300 Å². The summed E-state index contributed by atoms with van der Waals surface area (Å²) in [7, 11) is 0. The van der Waals surface area contributed by atoms with Crippen LogP contribution in [0.15, 0.2) is 89.1 Å². The zero-order valence-corrected chi connectivity index (χ0v) is 30.2. The molecule has 0 nitrogen and oxygen atoms in total. The standard InChI is InChI=1S/C35H20F6S7/c1-3-42-24(27-13-12-25(46-27)22-6-4-16-43-22)11-9-21-31(34(38,39)35(40,41)33(21,36)37)20-18-30(48-32(20)29-10-8-19(2)45-29)28-15-14-26(47-28)23-7-5-17-44-23/h1,4-8,10-18H,9H2,2H3/b24-11-. The molecule has 7 rings (SSSR count). The summed E-state index contributed by atoms with van der Waals surface area (Å²) in [5.41, 5.74) is -2.95. The minimum atomic E-state index is -5.65. The van der Waals surface area contributed by atoms with Gasteiger partial charge in [-0.3, -0.25) is 0 Å². The highest BCUT2D eigenvalue weighted by molar-refractivity contribution is 8.12. The van der Waals surface area contributed by atoms with E-state index in [9.17, 15) is 0 Å². The maximum atomic E-state index is 15.9. The lowest BCUT2D eigenvalue weighted by Crippen LogP contribution is -2.49. The van der Waals surface area contributed by atoms with Crippen molar-refractivity contribution in [2.75, 3.05) is 0 Å². The SMILES string of the molecule is C#CS/C(=C\CC1=C(c2cc(-c3ccc(-c4cccs4)s3)sc2-c2ccc(C)s2)C(F)(F)C(F)(F)C1(F)F)c1ccc(-c2cccs2)s1. The molecule has 0 spiro atoms. The smallest absolute Gasteiger partial charge is 0.194 e. The highest BCUT2D eigenvalue weighted by Crippen LogP contribution is 2.65. The number of halogens is 6. The number of allylic oxidation sites excluding steroid dienone is 3. The van der Waals surface area contributed by atoms with Gasteiger partial charge in [0.15, 0.2) is 0 Å². The van der Waals surface area contributed by atoms with Gasteiger partial charge in [0.25, 0.3) is 0 Å². The van der Waals surface area contributed by atoms with E-state index in [1.54, 1.807) is 29.5 Å². The van der Waals surface area contributed by atoms with Crippen LogP contribution in [0.1, 0.15) is 21.7 Å². The Morgan fingerprint density at radius 1 is 0.729 bits per heavy atom. The normalized spacial score (nSPS) is 16.9. The summed E-state index contributed by atoms with van der Waals surface area (Å²) < 4.78 is 93.9. The van der Waals surface area contributed by atoms with E-state index in [0.717, 1.165) is 52.4 Å². The third-order valence-corrected chi connectivity index (χ3v) is 15.3. The van der Waals surface area contributed by atoms with E-state index in [0.29, 0.717) is 19.5 Å². The van der Waals surface area contributed by atoms with Crippen LogP contribution in [0.2, 0.25) is 0 Å². The fraction of sp³-hybridized carbons (Fsp3) is 0.143. The molecule has 0 atom stereocenters. The number of terminal acetylenes is 1. The summed E-state index contributed by atoms with van der Waals surface area (Å²) in [4.78, 5) is 7.73. The van der Waals surface area contributed by atoms with Gasteiger partial charge in [-0.2, -0.15) is 26.3 Å². The molecule has 0 unspecified atom stereocenters. The molecule has 6 aromatic rings. The van der Waals surface area contributed by atoms with Gasteiger partial charge in [-0.15, -0.1) is 74.4 Å². The Morgan fingerprint density at radius 2 is 1.35 bits per heavy atom. The predicted molar refractivity (Wildman–Crippen MR) is 197 cm³/mol. The van der Waals surface area contributed by atoms with Gasteiger partial charge in [-0.05, 0) is 95.7 Å². The van der Waals surface area contributed by atoms with Crippen molar-refractivity contribution in [1.29, 1.82) is 0 Å². The average Bonchev–Trinajstić information content (AvgIpc) is 3.88. The van der Waals surface area contributed by atoms with E-state index in [4.69, 9.17) is 6.42 Å². The minimum absolute atomic E-state index is 0.246. The number of hydrogen-bond donors (Lipinski definition) is 0. The monoisotopic (exact) mass is 778 g/mol. The van der Waals surface area contributed by atoms with E-state index >= 15 is 26.3 Å². The molecule has 0 N–H and O–H groups in total. The van der Waals surface area contributed by atoms with Crippen molar-refractivity contribution in [2.24, 2.45) is 0 Å². The predicted octanol–water partition coefficient (Wildman–Crippen LogP) is 14.5. The maximum absolute atomic E-state index is 15.9. The van der Waals surface area contributed by atoms with Crippen LogP contribution in [-0.4, -0.2) is 17.8 Å². The molecule has 13 heteroatoms. The van der Waals surface area contributed by atoms with Crippen LogP contribution >= 0.6 is 79.8 Å². The maximum Gasteiger partial charge on any atom is 0.380 e. The summed E-state index contributed by atoms with van der Waals surface area (Å²) >= 11 is 9.16. The molecule has 0 fully saturated rings. The van der Waals surface area contributed by atoms with Gasteiger partial charge in [-0.25, -0.2) is 0 Å². The van der Waals surface area contributed by atoms with Crippen molar-refractivity contribution in [2.45, 2.75) is 31.1 Å². The van der Waals surface area contributed by atoms with Crippen LogP contribution in [0.4, 0.5) is 26.3 Å². The number of thiophene rings is 6. The van der Waals surface area contributed by atoms with E-state index in [2.05, 4.69) is 5.25 Å². The lowest BCUT2D eigenvalue weighted by Gasteiger charge is -2.25.